The van der Waals surface area contributed by atoms with E-state index in [0.717, 1.165) is 25.7 Å². The first-order valence-electron chi connectivity index (χ1n) is 6.67. The van der Waals surface area contributed by atoms with Crippen molar-refractivity contribution in [1.82, 2.24) is 4.98 Å². The van der Waals surface area contributed by atoms with Crippen LogP contribution in [0.3, 0.4) is 0 Å². The lowest BCUT2D eigenvalue weighted by molar-refractivity contribution is 0.283. The van der Waals surface area contributed by atoms with Gasteiger partial charge in [0.25, 0.3) is 0 Å². The molecular weight excluding hydrogens is 254 g/mol. The maximum atomic E-state index is 8.78. The largest absolute Gasteiger partial charge is 0.396 e. The topological polar surface area (TPSA) is 33.1 Å². The minimum Gasteiger partial charge on any atom is -0.396 e. The molecule has 0 spiro atoms. The predicted octanol–water partition coefficient (Wildman–Crippen LogP) is 4.13. The molecule has 0 amide bonds. The number of hydrogen-bond donors (Lipinski definition) is 1. The van der Waals surface area contributed by atoms with Crippen molar-refractivity contribution >= 4 is 16.9 Å². The molecule has 0 unspecified atom stereocenters. The van der Waals surface area contributed by atoms with Gasteiger partial charge in [-0.3, -0.25) is 4.98 Å². The number of rotatable bonds is 7. The summed E-state index contributed by atoms with van der Waals surface area (Å²) in [5, 5.41) is 10.9. The Morgan fingerprint density at radius 1 is 1.21 bits per heavy atom. The summed E-state index contributed by atoms with van der Waals surface area (Å²) in [6.07, 6.45) is 10.2. The molecule has 0 aliphatic rings. The first kappa shape index (κ1) is 14.0. The summed E-state index contributed by atoms with van der Waals surface area (Å²) in [4.78, 5) is 5.49. The van der Waals surface area contributed by atoms with Gasteiger partial charge in [0.2, 0.25) is 0 Å². The second-order valence-corrected chi connectivity index (χ2v) is 5.36. The highest BCUT2D eigenvalue weighted by atomic mass is 32.1. The quantitative estimate of drug-likeness (QED) is 0.769. The molecule has 0 aromatic carbocycles. The highest BCUT2D eigenvalue weighted by molar-refractivity contribution is 7.11. The molecule has 19 heavy (non-hydrogen) atoms. The van der Waals surface area contributed by atoms with Gasteiger partial charge in [0.05, 0.1) is 0 Å². The Kier molecular flexibility index (Phi) is 5.79. The van der Waals surface area contributed by atoms with E-state index >= 15 is 0 Å². The number of aliphatic hydroxyl groups is 1. The van der Waals surface area contributed by atoms with Crippen molar-refractivity contribution in [3.05, 3.63) is 58.6 Å². The highest BCUT2D eigenvalue weighted by Gasteiger charge is 2.05. The number of aliphatic hydroxyl groups excluding tert-OH is 1. The molecule has 0 bridgehead atoms. The zero-order valence-corrected chi connectivity index (χ0v) is 11.8. The predicted molar refractivity (Wildman–Crippen MR) is 81.2 cm³/mol. The first-order chi connectivity index (χ1) is 9.42. The zero-order chi connectivity index (χ0) is 13.3. The van der Waals surface area contributed by atoms with E-state index in [4.69, 9.17) is 5.11 Å². The van der Waals surface area contributed by atoms with Crippen LogP contribution in [0.4, 0.5) is 0 Å². The van der Waals surface area contributed by atoms with E-state index in [1.807, 2.05) is 12.3 Å². The summed E-state index contributed by atoms with van der Waals surface area (Å²) < 4.78 is 0. The molecule has 3 heteroatoms. The molecule has 2 nitrogen and oxygen atoms in total. The van der Waals surface area contributed by atoms with E-state index in [-0.39, 0.29) is 0 Å². The molecule has 100 valence electrons. The molecule has 2 heterocycles. The van der Waals surface area contributed by atoms with Crippen LogP contribution in [0.1, 0.15) is 36.1 Å². The summed E-state index contributed by atoms with van der Waals surface area (Å²) in [6.45, 7) is 0.296. The fraction of sp³-hybridized carbons (Fsp3) is 0.312. The zero-order valence-electron chi connectivity index (χ0n) is 11.0. The lowest BCUT2D eigenvalue weighted by Gasteiger charge is -2.05. The van der Waals surface area contributed by atoms with Crippen LogP contribution in [0.5, 0.6) is 0 Å². The van der Waals surface area contributed by atoms with E-state index in [0.29, 0.717) is 6.61 Å². The Hall–Kier alpha value is -1.45. The van der Waals surface area contributed by atoms with E-state index in [1.165, 1.54) is 16.0 Å². The molecule has 0 saturated heterocycles. The third kappa shape index (κ3) is 4.30. The van der Waals surface area contributed by atoms with Crippen LogP contribution < -0.4 is 0 Å². The van der Waals surface area contributed by atoms with Gasteiger partial charge in [0.1, 0.15) is 0 Å². The number of thiophene rings is 1. The maximum absolute atomic E-state index is 8.78. The summed E-state index contributed by atoms with van der Waals surface area (Å²) in [6, 6.07) is 8.31. The molecule has 2 aromatic heterocycles. The van der Waals surface area contributed by atoms with Crippen molar-refractivity contribution in [1.29, 1.82) is 0 Å². The number of nitrogens with zero attached hydrogens (tertiary/aromatic N) is 1. The SMILES string of the molecule is OCCCCC/C=C(\c1cccnc1)c1cccs1. The third-order valence-electron chi connectivity index (χ3n) is 2.97. The Labute approximate surface area is 118 Å². The van der Waals surface area contributed by atoms with Gasteiger partial charge in [-0.1, -0.05) is 24.6 Å². The number of aromatic nitrogens is 1. The van der Waals surface area contributed by atoms with Crippen molar-refractivity contribution < 1.29 is 5.11 Å². The molecule has 0 radical (unpaired) electrons. The van der Waals surface area contributed by atoms with Crippen LogP contribution in [-0.2, 0) is 0 Å². The van der Waals surface area contributed by atoms with Crippen molar-refractivity contribution in [3.63, 3.8) is 0 Å². The summed E-state index contributed by atoms with van der Waals surface area (Å²) >= 11 is 1.76. The molecule has 1 N–H and O–H groups in total. The first-order valence-corrected chi connectivity index (χ1v) is 7.55. The van der Waals surface area contributed by atoms with Gasteiger partial charge in [-0.15, -0.1) is 11.3 Å². The van der Waals surface area contributed by atoms with Crippen molar-refractivity contribution in [2.45, 2.75) is 25.7 Å². The van der Waals surface area contributed by atoms with Gasteiger partial charge in [-0.05, 0) is 42.3 Å². The molecular formula is C16H19NOS. The Morgan fingerprint density at radius 3 is 2.84 bits per heavy atom. The minimum absolute atomic E-state index is 0.296. The van der Waals surface area contributed by atoms with Crippen LogP contribution in [-0.4, -0.2) is 16.7 Å². The second kappa shape index (κ2) is 7.87. The molecule has 2 rings (SSSR count). The fourth-order valence-corrected chi connectivity index (χ4v) is 2.78. The standard InChI is InChI=1S/C16H19NOS/c18-11-4-2-1-3-8-15(16-9-6-12-19-16)14-7-5-10-17-13-14/h5-10,12-13,18H,1-4,11H2/b15-8+. The summed E-state index contributed by atoms with van der Waals surface area (Å²) in [5.41, 5.74) is 2.44. The Morgan fingerprint density at radius 2 is 2.16 bits per heavy atom. The molecule has 0 saturated carbocycles. The molecule has 2 aromatic rings. The van der Waals surface area contributed by atoms with Crippen LogP contribution in [0.15, 0.2) is 48.1 Å². The van der Waals surface area contributed by atoms with Crippen LogP contribution in [0.25, 0.3) is 5.57 Å². The van der Waals surface area contributed by atoms with E-state index < -0.39 is 0 Å². The number of pyridine rings is 1. The van der Waals surface area contributed by atoms with Crippen molar-refractivity contribution in [2.75, 3.05) is 6.61 Å². The third-order valence-corrected chi connectivity index (χ3v) is 3.87. The Balaban J connectivity index is 2.09. The lowest BCUT2D eigenvalue weighted by atomic mass is 10.0. The average Bonchev–Trinajstić information content (AvgIpc) is 2.98. The van der Waals surface area contributed by atoms with Gasteiger partial charge in [0, 0.05) is 29.4 Å². The summed E-state index contributed by atoms with van der Waals surface area (Å²) in [5.74, 6) is 0. The van der Waals surface area contributed by atoms with Crippen LogP contribution in [0.2, 0.25) is 0 Å². The average molecular weight is 273 g/mol. The van der Waals surface area contributed by atoms with Gasteiger partial charge < -0.3 is 5.11 Å². The highest BCUT2D eigenvalue weighted by Crippen LogP contribution is 2.27. The maximum Gasteiger partial charge on any atom is 0.0431 e. The normalized spacial score (nSPS) is 11.7. The number of hydrogen-bond acceptors (Lipinski definition) is 3. The van der Waals surface area contributed by atoms with Gasteiger partial charge >= 0.3 is 0 Å². The van der Waals surface area contributed by atoms with Crippen LogP contribution in [0, 0.1) is 0 Å². The van der Waals surface area contributed by atoms with Gasteiger partial charge in [-0.2, -0.15) is 0 Å². The molecule has 0 fully saturated rings. The van der Waals surface area contributed by atoms with E-state index in [9.17, 15) is 0 Å². The lowest BCUT2D eigenvalue weighted by Crippen LogP contribution is -1.87. The Bertz CT molecular complexity index is 491. The summed E-state index contributed by atoms with van der Waals surface area (Å²) in [7, 11) is 0. The monoisotopic (exact) mass is 273 g/mol. The molecule has 0 aliphatic carbocycles. The molecule has 0 atom stereocenters. The molecule has 0 aliphatic heterocycles. The smallest absolute Gasteiger partial charge is 0.0431 e. The minimum atomic E-state index is 0.296. The van der Waals surface area contributed by atoms with E-state index in [2.05, 4.69) is 34.6 Å². The van der Waals surface area contributed by atoms with Crippen LogP contribution >= 0.6 is 11.3 Å². The number of unbranched alkanes of at least 4 members (excludes halogenated alkanes) is 3. The van der Waals surface area contributed by atoms with Crippen molar-refractivity contribution in [3.8, 4) is 0 Å². The van der Waals surface area contributed by atoms with E-state index in [1.54, 1.807) is 17.5 Å². The fourth-order valence-electron chi connectivity index (χ4n) is 1.99. The second-order valence-electron chi connectivity index (χ2n) is 4.41. The van der Waals surface area contributed by atoms with Gasteiger partial charge in [-0.25, -0.2) is 0 Å². The number of allylic oxidation sites excluding steroid dienone is 1. The van der Waals surface area contributed by atoms with Crippen molar-refractivity contribution in [2.24, 2.45) is 0 Å². The van der Waals surface area contributed by atoms with Gasteiger partial charge in [0.15, 0.2) is 0 Å².